The third-order valence-corrected chi connectivity index (χ3v) is 14.3. The van der Waals surface area contributed by atoms with Crippen LogP contribution in [0.25, 0.3) is 93.7 Å². The number of thiophene rings is 1. The summed E-state index contributed by atoms with van der Waals surface area (Å²) < 4.78 is 1.37. The van der Waals surface area contributed by atoms with Crippen LogP contribution in [0.15, 0.2) is 243 Å². The van der Waals surface area contributed by atoms with E-state index in [1.807, 2.05) is 11.3 Å². The molecule has 0 saturated heterocycles. The molecule has 0 amide bonds. The number of anilines is 3. The Bertz CT molecular complexity index is 3500. The normalized spacial score (nSPS) is 12.1. The Morgan fingerprint density at radius 1 is 0.333 bits per heavy atom. The Labute approximate surface area is 390 Å². The molecule has 0 radical (unpaired) electrons. The van der Waals surface area contributed by atoms with Crippen molar-refractivity contribution in [2.24, 2.45) is 0 Å². The second-order valence-electron chi connectivity index (χ2n) is 17.2. The lowest BCUT2D eigenvalue weighted by molar-refractivity contribution is 1.02. The van der Waals surface area contributed by atoms with Gasteiger partial charge in [0.15, 0.2) is 0 Å². The number of fused-ring (bicyclic) bond motifs is 4. The van der Waals surface area contributed by atoms with Crippen LogP contribution in [0.1, 0.15) is 16.9 Å². The van der Waals surface area contributed by atoms with Gasteiger partial charge in [-0.2, -0.15) is 0 Å². The summed E-state index contributed by atoms with van der Waals surface area (Å²) in [7, 11) is 0. The molecule has 1 aliphatic carbocycles. The van der Waals surface area contributed by atoms with Gasteiger partial charge in [-0.3, -0.25) is 0 Å². The van der Waals surface area contributed by atoms with Gasteiger partial charge in [0.1, 0.15) is 0 Å². The first-order valence-electron chi connectivity index (χ1n) is 22.9. The van der Waals surface area contributed by atoms with Gasteiger partial charge in [0.05, 0.1) is 0 Å². The van der Waals surface area contributed by atoms with Gasteiger partial charge in [-0.15, -0.1) is 11.3 Å². The Morgan fingerprint density at radius 3 is 1.53 bits per heavy atom. The van der Waals surface area contributed by atoms with Gasteiger partial charge in [0.2, 0.25) is 0 Å². The molecule has 0 spiro atoms. The van der Waals surface area contributed by atoms with Gasteiger partial charge in [-0.05, 0) is 169 Å². The summed E-state index contributed by atoms with van der Waals surface area (Å²) >= 11 is 1.95. The standard InChI is InChI=1S/C64H45NS/c1-3-14-44(15-4-1)53-39-54(45-16-5-2-6-17-45)41-55(40-53)47-30-35-57(36-31-47)65(56-33-28-46(29-34-56)51-32-37-64-62(43-51)61-25-9-10-27-63(61)66-64)58-23-12-21-50(42-58)49-20-11-22-52(38-49)60-26-13-19-48-18-7-8-24-59(48)60/h1-9,11-26,28-43H,10,27H2. The van der Waals surface area contributed by atoms with E-state index in [4.69, 9.17) is 0 Å². The molecule has 1 aliphatic rings. The van der Waals surface area contributed by atoms with Crippen LogP contribution in [-0.2, 0) is 6.42 Å². The molecule has 0 fully saturated rings. The van der Waals surface area contributed by atoms with E-state index in [2.05, 4.69) is 254 Å². The quantitative estimate of drug-likeness (QED) is 0.140. The third-order valence-electron chi connectivity index (χ3n) is 13.1. The highest BCUT2D eigenvalue weighted by Gasteiger charge is 2.17. The van der Waals surface area contributed by atoms with Crippen LogP contribution in [0.3, 0.4) is 0 Å². The number of benzene rings is 10. The first-order valence-corrected chi connectivity index (χ1v) is 23.7. The highest BCUT2D eigenvalue weighted by molar-refractivity contribution is 7.19. The van der Waals surface area contributed by atoms with Crippen molar-refractivity contribution in [3.8, 4) is 66.8 Å². The minimum Gasteiger partial charge on any atom is -0.310 e. The van der Waals surface area contributed by atoms with Crippen molar-refractivity contribution < 1.29 is 0 Å². The Hall–Kier alpha value is -8.04. The van der Waals surface area contributed by atoms with Crippen LogP contribution < -0.4 is 4.90 Å². The van der Waals surface area contributed by atoms with E-state index in [1.54, 1.807) is 0 Å². The fourth-order valence-electron chi connectivity index (χ4n) is 9.74. The van der Waals surface area contributed by atoms with Crippen LogP contribution in [0.5, 0.6) is 0 Å². The molecule has 0 N–H and O–H groups in total. The first-order chi connectivity index (χ1) is 32.7. The van der Waals surface area contributed by atoms with Gasteiger partial charge in [0.25, 0.3) is 0 Å². The van der Waals surface area contributed by atoms with E-state index >= 15 is 0 Å². The largest absolute Gasteiger partial charge is 0.310 e. The summed E-state index contributed by atoms with van der Waals surface area (Å²) in [6.07, 6.45) is 6.91. The molecule has 12 rings (SSSR count). The van der Waals surface area contributed by atoms with Crippen molar-refractivity contribution in [2.75, 3.05) is 4.90 Å². The van der Waals surface area contributed by atoms with E-state index in [9.17, 15) is 0 Å². The maximum atomic E-state index is 2.39. The van der Waals surface area contributed by atoms with Crippen molar-refractivity contribution in [3.05, 3.63) is 253 Å². The lowest BCUT2D eigenvalue weighted by atomic mass is 9.93. The van der Waals surface area contributed by atoms with Crippen LogP contribution >= 0.6 is 11.3 Å². The summed E-state index contributed by atoms with van der Waals surface area (Å²) in [5.41, 5.74) is 19.1. The van der Waals surface area contributed by atoms with Gasteiger partial charge >= 0.3 is 0 Å². The number of rotatable bonds is 9. The second kappa shape index (κ2) is 17.2. The minimum atomic E-state index is 1.09. The third kappa shape index (κ3) is 7.62. The van der Waals surface area contributed by atoms with Crippen molar-refractivity contribution >= 4 is 55.3 Å². The molecule has 0 aliphatic heterocycles. The molecule has 10 aromatic carbocycles. The molecule has 1 aromatic heterocycles. The van der Waals surface area contributed by atoms with E-state index in [0.29, 0.717) is 0 Å². The Morgan fingerprint density at radius 2 is 0.833 bits per heavy atom. The molecule has 66 heavy (non-hydrogen) atoms. The summed E-state index contributed by atoms with van der Waals surface area (Å²) in [6.45, 7) is 0. The predicted octanol–water partition coefficient (Wildman–Crippen LogP) is 18.5. The van der Waals surface area contributed by atoms with Crippen molar-refractivity contribution in [1.29, 1.82) is 0 Å². The molecule has 1 heterocycles. The summed E-state index contributed by atoms with van der Waals surface area (Å²) in [5.74, 6) is 0. The molecule has 0 saturated carbocycles. The number of hydrogen-bond donors (Lipinski definition) is 0. The maximum Gasteiger partial charge on any atom is 0.0467 e. The van der Waals surface area contributed by atoms with Crippen LogP contribution in [-0.4, -0.2) is 0 Å². The van der Waals surface area contributed by atoms with Crippen LogP contribution in [0, 0.1) is 0 Å². The number of hydrogen-bond acceptors (Lipinski definition) is 2. The molecular weight excluding hydrogens is 815 g/mol. The fourth-order valence-corrected chi connectivity index (χ4v) is 10.9. The summed E-state index contributed by atoms with van der Waals surface area (Å²) in [4.78, 5) is 3.90. The molecule has 2 heteroatoms. The molecule has 312 valence electrons. The summed E-state index contributed by atoms with van der Waals surface area (Å²) in [5, 5.41) is 3.87. The second-order valence-corrected chi connectivity index (χ2v) is 18.3. The molecule has 11 aromatic rings. The number of nitrogens with zero attached hydrogens (tertiary/aromatic N) is 1. The smallest absolute Gasteiger partial charge is 0.0467 e. The SMILES string of the molecule is C1=Cc2c(sc3ccc(-c4ccc(N(c5ccc(-c6cc(-c7ccccc7)cc(-c7ccccc7)c6)cc5)c5cccc(-c6cccc(-c7cccc8ccccc78)c6)c5)cc4)cc23)CC1. The Balaban J connectivity index is 0.943. The van der Waals surface area contributed by atoms with E-state index in [1.165, 1.54) is 98.1 Å². The molecule has 0 bridgehead atoms. The van der Waals surface area contributed by atoms with Gasteiger partial charge in [0, 0.05) is 32.0 Å². The number of aryl methyl sites for hydroxylation is 1. The highest BCUT2D eigenvalue weighted by Crippen LogP contribution is 2.42. The molecule has 0 unspecified atom stereocenters. The van der Waals surface area contributed by atoms with Gasteiger partial charge < -0.3 is 4.90 Å². The lowest BCUT2D eigenvalue weighted by Crippen LogP contribution is -2.10. The molecule has 1 nitrogen and oxygen atoms in total. The Kier molecular flexibility index (Phi) is 10.3. The predicted molar refractivity (Wildman–Crippen MR) is 284 cm³/mol. The monoisotopic (exact) mass is 859 g/mol. The van der Waals surface area contributed by atoms with Crippen LogP contribution in [0.2, 0.25) is 0 Å². The van der Waals surface area contributed by atoms with Crippen molar-refractivity contribution in [3.63, 3.8) is 0 Å². The lowest BCUT2D eigenvalue weighted by Gasteiger charge is -2.26. The summed E-state index contributed by atoms with van der Waals surface area (Å²) in [6, 6.07) is 86.7. The van der Waals surface area contributed by atoms with E-state index in [0.717, 1.165) is 29.9 Å². The highest BCUT2D eigenvalue weighted by atomic mass is 32.1. The van der Waals surface area contributed by atoms with Crippen molar-refractivity contribution in [1.82, 2.24) is 0 Å². The first kappa shape index (κ1) is 39.5. The topological polar surface area (TPSA) is 3.24 Å². The van der Waals surface area contributed by atoms with Crippen LogP contribution in [0.4, 0.5) is 17.1 Å². The van der Waals surface area contributed by atoms with E-state index < -0.39 is 0 Å². The zero-order chi connectivity index (χ0) is 43.8. The zero-order valence-electron chi connectivity index (χ0n) is 36.4. The van der Waals surface area contributed by atoms with Gasteiger partial charge in [-0.1, -0.05) is 176 Å². The van der Waals surface area contributed by atoms with Gasteiger partial charge in [-0.25, -0.2) is 0 Å². The average molecular weight is 860 g/mol. The number of allylic oxidation sites excluding steroid dienone is 1. The zero-order valence-corrected chi connectivity index (χ0v) is 37.3. The average Bonchev–Trinajstić information content (AvgIpc) is 3.78. The molecule has 0 atom stereocenters. The fraction of sp³-hybridized carbons (Fsp3) is 0.0312. The molecular formula is C64H45NS. The van der Waals surface area contributed by atoms with Crippen molar-refractivity contribution in [2.45, 2.75) is 12.8 Å². The van der Waals surface area contributed by atoms with E-state index in [-0.39, 0.29) is 0 Å². The minimum absolute atomic E-state index is 1.09. The maximum absolute atomic E-state index is 2.39.